The van der Waals surface area contributed by atoms with Crippen LogP contribution >= 0.6 is 0 Å². The second kappa shape index (κ2) is 6.73. The molecule has 2 aromatic rings. The maximum absolute atomic E-state index is 9.37. The van der Waals surface area contributed by atoms with E-state index in [1.807, 2.05) is 37.3 Å². The molecule has 0 aliphatic rings. The monoisotopic (exact) mass is 283 g/mol. The summed E-state index contributed by atoms with van der Waals surface area (Å²) in [5, 5.41) is 12.5. The van der Waals surface area contributed by atoms with Gasteiger partial charge in [0.1, 0.15) is 23.2 Å². The van der Waals surface area contributed by atoms with Crippen LogP contribution in [0, 0.1) is 18.3 Å². The van der Waals surface area contributed by atoms with Gasteiger partial charge in [0, 0.05) is 24.1 Å². The predicted molar refractivity (Wildman–Crippen MR) is 80.7 cm³/mol. The number of hydrogen-bond donors (Lipinski definition) is 1. The van der Waals surface area contributed by atoms with Crippen LogP contribution in [0.15, 0.2) is 30.3 Å². The predicted octanol–water partition coefficient (Wildman–Crippen LogP) is 3.16. The molecular weight excluding hydrogens is 266 g/mol. The average molecular weight is 283 g/mol. The van der Waals surface area contributed by atoms with Crippen molar-refractivity contribution in [3.05, 3.63) is 47.2 Å². The number of nitriles is 1. The standard InChI is InChI=1S/C16H17N3O2/c1-11-8-12(10-20-2)15(9-17)16(18-11)19-13-4-6-14(21-3)7-5-13/h4-8H,10H2,1-3H3,(H,18,19). The lowest BCUT2D eigenvalue weighted by Gasteiger charge is -2.12. The molecule has 2 rings (SSSR count). The first-order chi connectivity index (χ1) is 10.2. The first-order valence-electron chi connectivity index (χ1n) is 6.48. The van der Waals surface area contributed by atoms with Crippen LogP contribution in [0.2, 0.25) is 0 Å². The minimum atomic E-state index is 0.379. The highest BCUT2D eigenvalue weighted by Crippen LogP contribution is 2.24. The van der Waals surface area contributed by atoms with Crippen molar-refractivity contribution in [1.82, 2.24) is 4.98 Å². The number of pyridine rings is 1. The van der Waals surface area contributed by atoms with Crippen LogP contribution in [0.25, 0.3) is 0 Å². The van der Waals surface area contributed by atoms with Crippen molar-refractivity contribution in [3.8, 4) is 11.8 Å². The van der Waals surface area contributed by atoms with Crippen molar-refractivity contribution in [2.24, 2.45) is 0 Å². The highest BCUT2D eigenvalue weighted by Gasteiger charge is 2.11. The molecule has 1 aromatic heterocycles. The maximum atomic E-state index is 9.37. The minimum Gasteiger partial charge on any atom is -0.497 e. The van der Waals surface area contributed by atoms with Gasteiger partial charge in [-0.15, -0.1) is 0 Å². The lowest BCUT2D eigenvalue weighted by atomic mass is 10.1. The lowest BCUT2D eigenvalue weighted by Crippen LogP contribution is -2.03. The topological polar surface area (TPSA) is 67.2 Å². The Morgan fingerprint density at radius 2 is 1.95 bits per heavy atom. The Morgan fingerprint density at radius 1 is 1.24 bits per heavy atom. The number of rotatable bonds is 5. The molecule has 0 atom stereocenters. The van der Waals surface area contributed by atoms with Gasteiger partial charge in [0.2, 0.25) is 0 Å². The third-order valence-electron chi connectivity index (χ3n) is 2.99. The summed E-state index contributed by atoms with van der Waals surface area (Å²) in [6, 6.07) is 11.5. The van der Waals surface area contributed by atoms with Crippen LogP contribution in [0.1, 0.15) is 16.8 Å². The highest BCUT2D eigenvalue weighted by molar-refractivity contribution is 5.65. The number of ether oxygens (including phenoxy) is 2. The van der Waals surface area contributed by atoms with E-state index in [2.05, 4.69) is 16.4 Å². The molecule has 0 unspecified atom stereocenters. The van der Waals surface area contributed by atoms with E-state index in [0.717, 1.165) is 22.7 Å². The fraction of sp³-hybridized carbons (Fsp3) is 0.250. The van der Waals surface area contributed by atoms with Gasteiger partial charge in [-0.2, -0.15) is 5.26 Å². The molecule has 0 aliphatic carbocycles. The molecular formula is C16H17N3O2. The molecule has 0 saturated heterocycles. The highest BCUT2D eigenvalue weighted by atomic mass is 16.5. The first-order valence-corrected chi connectivity index (χ1v) is 6.48. The normalized spacial score (nSPS) is 10.0. The zero-order chi connectivity index (χ0) is 15.2. The molecule has 5 nitrogen and oxygen atoms in total. The summed E-state index contributed by atoms with van der Waals surface area (Å²) >= 11 is 0. The molecule has 0 bridgehead atoms. The van der Waals surface area contributed by atoms with Crippen molar-refractivity contribution < 1.29 is 9.47 Å². The third-order valence-corrected chi connectivity index (χ3v) is 2.99. The molecule has 1 N–H and O–H groups in total. The Kier molecular flexibility index (Phi) is 4.75. The Hall–Kier alpha value is -2.58. The van der Waals surface area contributed by atoms with Gasteiger partial charge in [-0.1, -0.05) is 0 Å². The van der Waals surface area contributed by atoms with E-state index < -0.39 is 0 Å². The number of anilines is 2. The van der Waals surface area contributed by atoms with Gasteiger partial charge in [-0.3, -0.25) is 0 Å². The SMILES string of the molecule is COCc1cc(C)nc(Nc2ccc(OC)cc2)c1C#N. The maximum Gasteiger partial charge on any atom is 0.148 e. The second-order valence-corrected chi connectivity index (χ2v) is 4.54. The molecule has 0 fully saturated rings. The van der Waals surface area contributed by atoms with Crippen LogP contribution in [0.4, 0.5) is 11.5 Å². The van der Waals surface area contributed by atoms with Gasteiger partial charge in [-0.05, 0) is 37.3 Å². The summed E-state index contributed by atoms with van der Waals surface area (Å²) in [5.74, 6) is 1.31. The molecule has 108 valence electrons. The largest absolute Gasteiger partial charge is 0.497 e. The smallest absolute Gasteiger partial charge is 0.148 e. The van der Waals surface area contributed by atoms with Crippen LogP contribution in [0.3, 0.4) is 0 Å². The van der Waals surface area contributed by atoms with E-state index in [-0.39, 0.29) is 0 Å². The van der Waals surface area contributed by atoms with E-state index >= 15 is 0 Å². The Morgan fingerprint density at radius 3 is 2.52 bits per heavy atom. The number of aromatic nitrogens is 1. The van der Waals surface area contributed by atoms with Crippen molar-refractivity contribution in [2.45, 2.75) is 13.5 Å². The second-order valence-electron chi connectivity index (χ2n) is 4.54. The van der Waals surface area contributed by atoms with E-state index in [4.69, 9.17) is 9.47 Å². The van der Waals surface area contributed by atoms with Gasteiger partial charge in [0.25, 0.3) is 0 Å². The Labute approximate surface area is 124 Å². The quantitative estimate of drug-likeness (QED) is 0.913. The van der Waals surface area contributed by atoms with E-state index in [1.165, 1.54) is 0 Å². The number of hydrogen-bond acceptors (Lipinski definition) is 5. The van der Waals surface area contributed by atoms with Gasteiger partial charge >= 0.3 is 0 Å². The summed E-state index contributed by atoms with van der Waals surface area (Å²) in [6.45, 7) is 2.27. The summed E-state index contributed by atoms with van der Waals surface area (Å²) in [4.78, 5) is 4.40. The molecule has 5 heteroatoms. The van der Waals surface area contributed by atoms with Gasteiger partial charge in [0.15, 0.2) is 0 Å². The number of methoxy groups -OCH3 is 2. The Balaban J connectivity index is 2.36. The zero-order valence-electron chi connectivity index (χ0n) is 12.3. The van der Waals surface area contributed by atoms with E-state index in [0.29, 0.717) is 18.0 Å². The van der Waals surface area contributed by atoms with Crippen LogP contribution in [0.5, 0.6) is 5.75 Å². The van der Waals surface area contributed by atoms with E-state index in [1.54, 1.807) is 14.2 Å². The molecule has 0 saturated carbocycles. The number of nitrogens with zero attached hydrogens (tertiary/aromatic N) is 2. The fourth-order valence-corrected chi connectivity index (χ4v) is 2.04. The van der Waals surface area contributed by atoms with Crippen LogP contribution in [-0.4, -0.2) is 19.2 Å². The summed E-state index contributed by atoms with van der Waals surface area (Å²) in [5.41, 5.74) is 2.99. The summed E-state index contributed by atoms with van der Waals surface area (Å²) < 4.78 is 10.3. The van der Waals surface area contributed by atoms with Crippen LogP contribution in [-0.2, 0) is 11.3 Å². The van der Waals surface area contributed by atoms with Gasteiger partial charge < -0.3 is 14.8 Å². The molecule has 0 radical (unpaired) electrons. The fourth-order valence-electron chi connectivity index (χ4n) is 2.04. The molecule has 1 heterocycles. The molecule has 0 aliphatic heterocycles. The number of nitrogens with one attached hydrogen (secondary N) is 1. The summed E-state index contributed by atoms with van der Waals surface area (Å²) in [7, 11) is 3.23. The molecule has 21 heavy (non-hydrogen) atoms. The Bertz CT molecular complexity index is 660. The van der Waals surface area contributed by atoms with Crippen molar-refractivity contribution in [2.75, 3.05) is 19.5 Å². The summed E-state index contributed by atoms with van der Waals surface area (Å²) in [6.07, 6.45) is 0. The lowest BCUT2D eigenvalue weighted by molar-refractivity contribution is 0.184. The first kappa shape index (κ1) is 14.8. The molecule has 1 aromatic carbocycles. The van der Waals surface area contributed by atoms with Crippen molar-refractivity contribution in [3.63, 3.8) is 0 Å². The van der Waals surface area contributed by atoms with Crippen molar-refractivity contribution in [1.29, 1.82) is 5.26 Å². The molecule has 0 amide bonds. The van der Waals surface area contributed by atoms with Gasteiger partial charge in [0.05, 0.1) is 13.7 Å². The minimum absolute atomic E-state index is 0.379. The zero-order valence-corrected chi connectivity index (χ0v) is 12.3. The van der Waals surface area contributed by atoms with E-state index in [9.17, 15) is 5.26 Å². The van der Waals surface area contributed by atoms with Crippen molar-refractivity contribution >= 4 is 11.5 Å². The van der Waals surface area contributed by atoms with Gasteiger partial charge in [-0.25, -0.2) is 4.98 Å². The number of benzene rings is 1. The molecule has 0 spiro atoms. The number of aryl methyl sites for hydroxylation is 1. The third kappa shape index (κ3) is 3.50. The van der Waals surface area contributed by atoms with Crippen LogP contribution < -0.4 is 10.1 Å². The average Bonchev–Trinajstić information content (AvgIpc) is 2.48.